The van der Waals surface area contributed by atoms with E-state index in [1.807, 2.05) is 18.2 Å². The quantitative estimate of drug-likeness (QED) is 0.675. The second kappa shape index (κ2) is 8.44. The van der Waals surface area contributed by atoms with E-state index in [1.54, 1.807) is 6.07 Å². The van der Waals surface area contributed by atoms with Gasteiger partial charge in [-0.15, -0.1) is 0 Å². The van der Waals surface area contributed by atoms with Crippen LogP contribution in [0.4, 0.5) is 5.82 Å². The second-order valence-electron chi connectivity index (χ2n) is 8.89. The summed E-state index contributed by atoms with van der Waals surface area (Å²) in [6.45, 7) is 5.97. The van der Waals surface area contributed by atoms with Gasteiger partial charge in [-0.1, -0.05) is 18.2 Å². The maximum absolute atomic E-state index is 10.4. The lowest BCUT2D eigenvalue weighted by molar-refractivity contribution is 0.0542. The molecule has 0 saturated carbocycles. The molecule has 1 aromatic heterocycles. The molecule has 0 bridgehead atoms. The van der Waals surface area contributed by atoms with Crippen molar-refractivity contribution in [1.29, 1.82) is 0 Å². The number of hydrogen-bond donors (Lipinski definition) is 2. The first kappa shape index (κ1) is 20.2. The Kier molecular flexibility index (Phi) is 5.50. The third-order valence-electron chi connectivity index (χ3n) is 6.76. The van der Waals surface area contributed by atoms with Gasteiger partial charge in [0.25, 0.3) is 0 Å². The molecule has 0 radical (unpaired) electrons. The maximum Gasteiger partial charge on any atom is 0.165 e. The van der Waals surface area contributed by atoms with Crippen LogP contribution in [-0.4, -0.2) is 63.4 Å². The summed E-state index contributed by atoms with van der Waals surface area (Å²) in [5.41, 5.74) is 2.73. The number of fused-ring (bicyclic) bond motifs is 1. The summed E-state index contributed by atoms with van der Waals surface area (Å²) >= 11 is 0. The molecule has 0 spiro atoms. The zero-order valence-electron chi connectivity index (χ0n) is 18.0. The van der Waals surface area contributed by atoms with Crippen LogP contribution in [0.2, 0.25) is 0 Å². The van der Waals surface area contributed by atoms with Crippen molar-refractivity contribution < 1.29 is 10.2 Å². The van der Waals surface area contributed by atoms with Crippen LogP contribution in [0.5, 0.6) is 5.75 Å². The molecule has 31 heavy (non-hydrogen) atoms. The molecule has 3 heterocycles. The molecule has 6 heteroatoms. The number of aromatic nitrogens is 2. The number of hydrogen-bond acceptors (Lipinski definition) is 6. The van der Waals surface area contributed by atoms with Gasteiger partial charge in [0.15, 0.2) is 5.82 Å². The van der Waals surface area contributed by atoms with Gasteiger partial charge in [0, 0.05) is 37.6 Å². The van der Waals surface area contributed by atoms with Gasteiger partial charge in [0.1, 0.15) is 11.6 Å². The lowest BCUT2D eigenvalue weighted by Crippen LogP contribution is -2.48. The Bertz CT molecular complexity index is 1070. The average molecular weight is 419 g/mol. The summed E-state index contributed by atoms with van der Waals surface area (Å²) < 4.78 is 0. The van der Waals surface area contributed by atoms with Crippen LogP contribution in [0.1, 0.15) is 31.2 Å². The summed E-state index contributed by atoms with van der Waals surface area (Å²) in [5.74, 6) is 1.72. The fourth-order valence-corrected chi connectivity index (χ4v) is 4.94. The number of piperidine rings is 2. The highest BCUT2D eigenvalue weighted by Crippen LogP contribution is 2.33. The lowest BCUT2D eigenvalue weighted by Gasteiger charge is -2.41. The van der Waals surface area contributed by atoms with Crippen molar-refractivity contribution in [2.75, 3.05) is 31.1 Å². The molecule has 0 unspecified atom stereocenters. The van der Waals surface area contributed by atoms with E-state index >= 15 is 0 Å². The van der Waals surface area contributed by atoms with Crippen LogP contribution in [0.3, 0.4) is 0 Å². The number of phenols is 1. The van der Waals surface area contributed by atoms with Crippen LogP contribution >= 0.6 is 0 Å². The minimum Gasteiger partial charge on any atom is -0.507 e. The third kappa shape index (κ3) is 4.10. The Balaban J connectivity index is 1.45. The number of benzene rings is 2. The SMILES string of the molecule is Cc1ccc2c(N3CCC(N4CCC(O)CC4)CC3)nc(-c3ccccc3O)nc2c1. The van der Waals surface area contributed by atoms with Crippen molar-refractivity contribution in [3.63, 3.8) is 0 Å². The van der Waals surface area contributed by atoms with Crippen LogP contribution < -0.4 is 4.90 Å². The summed E-state index contributed by atoms with van der Waals surface area (Å²) in [4.78, 5) is 14.7. The molecule has 2 fully saturated rings. The van der Waals surface area contributed by atoms with Crippen molar-refractivity contribution in [3.8, 4) is 17.1 Å². The zero-order valence-corrected chi connectivity index (χ0v) is 18.0. The minimum atomic E-state index is -0.125. The number of phenolic OH excluding ortho intramolecular Hbond substituents is 1. The predicted octanol–water partition coefficient (Wildman–Crippen LogP) is 3.74. The monoisotopic (exact) mass is 418 g/mol. The number of aliphatic hydroxyl groups is 1. The number of aliphatic hydroxyl groups excluding tert-OH is 1. The van der Waals surface area contributed by atoms with E-state index in [-0.39, 0.29) is 11.9 Å². The number of likely N-dealkylation sites (tertiary alicyclic amines) is 1. The molecular formula is C25H30N4O2. The molecule has 162 valence electrons. The summed E-state index contributed by atoms with van der Waals surface area (Å²) in [7, 11) is 0. The van der Waals surface area contributed by atoms with Crippen LogP contribution in [-0.2, 0) is 0 Å². The smallest absolute Gasteiger partial charge is 0.165 e. The average Bonchev–Trinajstić information content (AvgIpc) is 2.79. The molecule has 0 amide bonds. The van der Waals surface area contributed by atoms with Gasteiger partial charge < -0.3 is 20.0 Å². The number of para-hydroxylation sites is 1. The van der Waals surface area contributed by atoms with E-state index in [0.717, 1.165) is 74.1 Å². The van der Waals surface area contributed by atoms with E-state index in [4.69, 9.17) is 9.97 Å². The first-order chi connectivity index (χ1) is 15.1. The lowest BCUT2D eigenvalue weighted by atomic mass is 9.98. The Labute approximate surface area is 183 Å². The standard InChI is InChI=1S/C25H30N4O2/c1-17-6-7-20-22(16-17)26-24(21-4-2-3-5-23(21)31)27-25(20)29-12-8-18(9-13-29)28-14-10-19(30)11-15-28/h2-7,16,18-19,30-31H,8-15H2,1H3. The molecule has 2 aliphatic heterocycles. The third-order valence-corrected chi connectivity index (χ3v) is 6.76. The molecule has 0 aliphatic carbocycles. The van der Waals surface area contributed by atoms with Crippen molar-refractivity contribution in [2.45, 2.75) is 44.8 Å². The van der Waals surface area contributed by atoms with Crippen molar-refractivity contribution in [3.05, 3.63) is 48.0 Å². The van der Waals surface area contributed by atoms with Crippen LogP contribution in [0.15, 0.2) is 42.5 Å². The molecule has 2 N–H and O–H groups in total. The Hall–Kier alpha value is -2.70. The highest BCUT2D eigenvalue weighted by molar-refractivity contribution is 5.92. The fraction of sp³-hybridized carbons (Fsp3) is 0.440. The molecule has 2 aliphatic rings. The number of aromatic hydroxyl groups is 1. The molecule has 2 aromatic carbocycles. The normalized spacial score (nSPS) is 19.2. The van der Waals surface area contributed by atoms with Gasteiger partial charge in [-0.25, -0.2) is 9.97 Å². The molecule has 0 atom stereocenters. The minimum absolute atomic E-state index is 0.125. The first-order valence-electron chi connectivity index (χ1n) is 11.3. The molecular weight excluding hydrogens is 388 g/mol. The van der Waals surface area contributed by atoms with Crippen molar-refractivity contribution in [2.24, 2.45) is 0 Å². The molecule has 6 nitrogen and oxygen atoms in total. The van der Waals surface area contributed by atoms with Gasteiger partial charge in [-0.2, -0.15) is 0 Å². The van der Waals surface area contributed by atoms with Crippen molar-refractivity contribution in [1.82, 2.24) is 14.9 Å². The largest absolute Gasteiger partial charge is 0.507 e. The van der Waals surface area contributed by atoms with Gasteiger partial charge >= 0.3 is 0 Å². The van der Waals surface area contributed by atoms with Gasteiger partial charge in [0.2, 0.25) is 0 Å². The van der Waals surface area contributed by atoms with E-state index in [2.05, 4.69) is 34.9 Å². The van der Waals surface area contributed by atoms with Crippen LogP contribution in [0, 0.1) is 6.92 Å². The van der Waals surface area contributed by atoms with Crippen LogP contribution in [0.25, 0.3) is 22.3 Å². The fourth-order valence-electron chi connectivity index (χ4n) is 4.94. The number of aryl methyl sites for hydroxylation is 1. The highest BCUT2D eigenvalue weighted by Gasteiger charge is 2.29. The first-order valence-corrected chi connectivity index (χ1v) is 11.3. The predicted molar refractivity (Wildman–Crippen MR) is 123 cm³/mol. The number of anilines is 1. The second-order valence-corrected chi connectivity index (χ2v) is 8.89. The van der Waals surface area contributed by atoms with Gasteiger partial charge in [-0.3, -0.25) is 0 Å². The Morgan fingerprint density at radius 1 is 0.903 bits per heavy atom. The summed E-state index contributed by atoms with van der Waals surface area (Å²) in [6, 6.07) is 14.2. The summed E-state index contributed by atoms with van der Waals surface area (Å²) in [6.07, 6.45) is 3.85. The van der Waals surface area contributed by atoms with E-state index in [9.17, 15) is 10.2 Å². The highest BCUT2D eigenvalue weighted by atomic mass is 16.3. The zero-order chi connectivity index (χ0) is 21.4. The maximum atomic E-state index is 10.4. The number of nitrogens with zero attached hydrogens (tertiary/aromatic N) is 4. The Morgan fingerprint density at radius 3 is 2.39 bits per heavy atom. The molecule has 2 saturated heterocycles. The molecule has 3 aromatic rings. The van der Waals surface area contributed by atoms with E-state index in [1.165, 1.54) is 0 Å². The topological polar surface area (TPSA) is 72.7 Å². The van der Waals surface area contributed by atoms with E-state index < -0.39 is 0 Å². The molecule has 5 rings (SSSR count). The van der Waals surface area contributed by atoms with Crippen molar-refractivity contribution >= 4 is 16.7 Å². The van der Waals surface area contributed by atoms with E-state index in [0.29, 0.717) is 17.4 Å². The van der Waals surface area contributed by atoms with Gasteiger partial charge in [0.05, 0.1) is 17.2 Å². The summed E-state index contributed by atoms with van der Waals surface area (Å²) in [5, 5.41) is 21.2. The van der Waals surface area contributed by atoms with Gasteiger partial charge in [-0.05, 0) is 62.4 Å². The Morgan fingerprint density at radius 2 is 1.65 bits per heavy atom. The number of rotatable bonds is 3.